The first-order valence-electron chi connectivity index (χ1n) is 6.88. The van der Waals surface area contributed by atoms with Crippen LogP contribution in [-0.2, 0) is 6.42 Å². The minimum atomic E-state index is 0.334. The molecular weight excluding hydrogens is 394 g/mol. The molecule has 0 fully saturated rings. The lowest BCUT2D eigenvalue weighted by molar-refractivity contribution is 0.414. The van der Waals surface area contributed by atoms with Crippen LogP contribution >= 0.6 is 31.9 Å². The van der Waals surface area contributed by atoms with E-state index in [1.165, 1.54) is 11.1 Å². The molecule has 0 aromatic heterocycles. The lowest BCUT2D eigenvalue weighted by Gasteiger charge is -2.17. The van der Waals surface area contributed by atoms with Gasteiger partial charge in [-0.15, -0.1) is 0 Å². The maximum absolute atomic E-state index is 5.19. The third kappa shape index (κ3) is 4.83. The van der Waals surface area contributed by atoms with E-state index in [2.05, 4.69) is 67.5 Å². The number of hydrogen-bond donors (Lipinski definition) is 1. The molecule has 2 nitrogen and oxygen atoms in total. The first kappa shape index (κ1) is 16.5. The smallest absolute Gasteiger partial charge is 0.118 e. The molecule has 0 saturated heterocycles. The Kier molecular flexibility index (Phi) is 6.27. The van der Waals surface area contributed by atoms with E-state index < -0.39 is 0 Å². The van der Waals surface area contributed by atoms with Gasteiger partial charge in [0.1, 0.15) is 5.75 Å². The fourth-order valence-electron chi connectivity index (χ4n) is 2.36. The fourth-order valence-corrected chi connectivity index (χ4v) is 3.69. The SMILES string of the molecule is CNC(CCc1ccc(OC)cc1)c1cc(Br)cc(Br)c1. The minimum Gasteiger partial charge on any atom is -0.497 e. The van der Waals surface area contributed by atoms with Crippen molar-refractivity contribution >= 4 is 31.9 Å². The molecule has 4 heteroatoms. The molecule has 0 radical (unpaired) electrons. The summed E-state index contributed by atoms with van der Waals surface area (Å²) in [6.45, 7) is 0. The van der Waals surface area contributed by atoms with Crippen molar-refractivity contribution < 1.29 is 4.74 Å². The van der Waals surface area contributed by atoms with Crippen LogP contribution < -0.4 is 10.1 Å². The van der Waals surface area contributed by atoms with Crippen LogP contribution in [0.25, 0.3) is 0 Å². The van der Waals surface area contributed by atoms with Gasteiger partial charge in [0.25, 0.3) is 0 Å². The number of rotatable bonds is 6. The van der Waals surface area contributed by atoms with Crippen LogP contribution in [0.3, 0.4) is 0 Å². The van der Waals surface area contributed by atoms with Crippen molar-refractivity contribution in [2.24, 2.45) is 0 Å². The molecule has 1 N–H and O–H groups in total. The highest BCUT2D eigenvalue weighted by Crippen LogP contribution is 2.26. The van der Waals surface area contributed by atoms with Gasteiger partial charge in [-0.1, -0.05) is 44.0 Å². The number of nitrogens with one attached hydrogen (secondary N) is 1. The molecular formula is C17H19Br2NO. The molecule has 1 unspecified atom stereocenters. The summed E-state index contributed by atoms with van der Waals surface area (Å²) < 4.78 is 7.38. The zero-order valence-corrected chi connectivity index (χ0v) is 15.4. The Morgan fingerprint density at radius 1 is 1.05 bits per heavy atom. The summed E-state index contributed by atoms with van der Waals surface area (Å²) in [6, 6.07) is 15.0. The van der Waals surface area contributed by atoms with Crippen LogP contribution in [0.2, 0.25) is 0 Å². The number of benzene rings is 2. The summed E-state index contributed by atoms with van der Waals surface area (Å²) in [5, 5.41) is 3.40. The van der Waals surface area contributed by atoms with Crippen LogP contribution in [0.5, 0.6) is 5.75 Å². The summed E-state index contributed by atoms with van der Waals surface area (Å²) >= 11 is 7.10. The topological polar surface area (TPSA) is 21.3 Å². The van der Waals surface area contributed by atoms with Crippen LogP contribution in [0.1, 0.15) is 23.6 Å². The lowest BCUT2D eigenvalue weighted by atomic mass is 9.99. The molecule has 21 heavy (non-hydrogen) atoms. The average Bonchev–Trinajstić information content (AvgIpc) is 2.47. The van der Waals surface area contributed by atoms with Crippen molar-refractivity contribution in [2.75, 3.05) is 14.2 Å². The lowest BCUT2D eigenvalue weighted by Crippen LogP contribution is -2.17. The minimum absolute atomic E-state index is 0.334. The summed E-state index contributed by atoms with van der Waals surface area (Å²) in [7, 11) is 3.70. The second kappa shape index (κ2) is 7.97. The molecule has 0 aliphatic carbocycles. The van der Waals surface area contributed by atoms with Crippen molar-refractivity contribution in [3.8, 4) is 5.75 Å². The molecule has 0 aliphatic heterocycles. The molecule has 2 rings (SSSR count). The first-order chi connectivity index (χ1) is 10.1. The summed E-state index contributed by atoms with van der Waals surface area (Å²) in [5.41, 5.74) is 2.61. The van der Waals surface area contributed by atoms with Crippen LogP contribution in [-0.4, -0.2) is 14.2 Å². The van der Waals surface area contributed by atoms with E-state index in [0.717, 1.165) is 27.5 Å². The van der Waals surface area contributed by atoms with E-state index in [4.69, 9.17) is 4.74 Å². The number of ether oxygens (including phenoxy) is 1. The highest BCUT2D eigenvalue weighted by Gasteiger charge is 2.11. The number of hydrogen-bond acceptors (Lipinski definition) is 2. The van der Waals surface area contributed by atoms with Crippen LogP contribution in [0, 0.1) is 0 Å². The van der Waals surface area contributed by atoms with Gasteiger partial charge in [-0.3, -0.25) is 0 Å². The molecule has 1 atom stereocenters. The maximum atomic E-state index is 5.19. The number of methoxy groups -OCH3 is 1. The van der Waals surface area contributed by atoms with Crippen LogP contribution in [0.15, 0.2) is 51.4 Å². The molecule has 0 aliphatic rings. The second-order valence-corrected chi connectivity index (χ2v) is 6.76. The van der Waals surface area contributed by atoms with E-state index in [1.54, 1.807) is 7.11 Å². The molecule has 2 aromatic rings. The fraction of sp³-hybridized carbons (Fsp3) is 0.294. The largest absolute Gasteiger partial charge is 0.497 e. The highest BCUT2D eigenvalue weighted by atomic mass is 79.9. The quantitative estimate of drug-likeness (QED) is 0.711. The van der Waals surface area contributed by atoms with Gasteiger partial charge < -0.3 is 10.1 Å². The third-order valence-electron chi connectivity index (χ3n) is 3.52. The normalized spacial score (nSPS) is 12.2. The number of aryl methyl sites for hydroxylation is 1. The standard InChI is InChI=1S/C17H19Br2NO/c1-20-17(13-9-14(18)11-15(19)10-13)8-5-12-3-6-16(21-2)7-4-12/h3-4,6-7,9-11,17,20H,5,8H2,1-2H3. The molecule has 2 aromatic carbocycles. The van der Waals surface area contributed by atoms with Gasteiger partial charge in [-0.05, 0) is 61.3 Å². The second-order valence-electron chi connectivity index (χ2n) is 4.93. The summed E-state index contributed by atoms with van der Waals surface area (Å²) in [5.74, 6) is 0.903. The van der Waals surface area contributed by atoms with Gasteiger partial charge >= 0.3 is 0 Å². The Hall–Kier alpha value is -0.840. The molecule has 0 heterocycles. The van der Waals surface area contributed by atoms with Gasteiger partial charge in [0.2, 0.25) is 0 Å². The van der Waals surface area contributed by atoms with E-state index >= 15 is 0 Å². The van der Waals surface area contributed by atoms with Crippen molar-refractivity contribution in [1.82, 2.24) is 5.32 Å². The molecule has 0 spiro atoms. The Labute approximate surface area is 143 Å². The maximum Gasteiger partial charge on any atom is 0.118 e. The van der Waals surface area contributed by atoms with Gasteiger partial charge in [0.15, 0.2) is 0 Å². The summed E-state index contributed by atoms with van der Waals surface area (Å²) in [4.78, 5) is 0. The van der Waals surface area contributed by atoms with Gasteiger partial charge in [-0.2, -0.15) is 0 Å². The monoisotopic (exact) mass is 411 g/mol. The van der Waals surface area contributed by atoms with Crippen molar-refractivity contribution in [3.63, 3.8) is 0 Å². The van der Waals surface area contributed by atoms with Gasteiger partial charge in [0, 0.05) is 15.0 Å². The third-order valence-corrected chi connectivity index (χ3v) is 4.43. The molecule has 0 amide bonds. The Morgan fingerprint density at radius 3 is 2.19 bits per heavy atom. The Balaban J connectivity index is 2.04. The predicted octanol–water partition coefficient (Wildman–Crippen LogP) is 5.11. The first-order valence-corrected chi connectivity index (χ1v) is 8.47. The highest BCUT2D eigenvalue weighted by molar-refractivity contribution is 9.11. The number of halogens is 2. The van der Waals surface area contributed by atoms with Crippen molar-refractivity contribution in [1.29, 1.82) is 0 Å². The molecule has 0 bridgehead atoms. The Morgan fingerprint density at radius 2 is 1.67 bits per heavy atom. The van der Waals surface area contributed by atoms with Crippen molar-refractivity contribution in [3.05, 3.63) is 62.5 Å². The van der Waals surface area contributed by atoms with E-state index in [-0.39, 0.29) is 0 Å². The molecule has 0 saturated carbocycles. The zero-order valence-electron chi connectivity index (χ0n) is 12.2. The van der Waals surface area contributed by atoms with Gasteiger partial charge in [0.05, 0.1) is 7.11 Å². The van der Waals surface area contributed by atoms with Gasteiger partial charge in [-0.25, -0.2) is 0 Å². The molecule has 112 valence electrons. The summed E-state index contributed by atoms with van der Waals surface area (Å²) in [6.07, 6.45) is 2.07. The van der Waals surface area contributed by atoms with E-state index in [1.807, 2.05) is 19.2 Å². The Bertz CT molecular complexity index is 564. The average molecular weight is 413 g/mol. The zero-order chi connectivity index (χ0) is 15.2. The van der Waals surface area contributed by atoms with E-state index in [9.17, 15) is 0 Å². The van der Waals surface area contributed by atoms with Crippen molar-refractivity contribution in [2.45, 2.75) is 18.9 Å². The van der Waals surface area contributed by atoms with E-state index in [0.29, 0.717) is 6.04 Å². The van der Waals surface area contributed by atoms with Crippen LogP contribution in [0.4, 0.5) is 0 Å². The predicted molar refractivity (Wildman–Crippen MR) is 95.0 cm³/mol.